The lowest BCUT2D eigenvalue weighted by Crippen LogP contribution is -2.15. The molecule has 0 atom stereocenters. The van der Waals surface area contributed by atoms with E-state index in [0.717, 1.165) is 49.3 Å². The number of methoxy groups -OCH3 is 2. The van der Waals surface area contributed by atoms with Gasteiger partial charge in [0.2, 0.25) is 0 Å². The highest BCUT2D eigenvalue weighted by molar-refractivity contribution is 6.30. The van der Waals surface area contributed by atoms with E-state index >= 15 is 0 Å². The van der Waals surface area contributed by atoms with Crippen LogP contribution in [0.3, 0.4) is 0 Å². The molecule has 0 aliphatic carbocycles. The molecule has 7 heteroatoms. The van der Waals surface area contributed by atoms with Crippen molar-refractivity contribution in [3.05, 3.63) is 58.9 Å². The monoisotopic (exact) mass is 425 g/mol. The molecule has 1 aliphatic rings. The van der Waals surface area contributed by atoms with Crippen LogP contribution in [0, 0.1) is 0 Å². The van der Waals surface area contributed by atoms with Crippen LogP contribution in [-0.2, 0) is 13.0 Å². The quantitative estimate of drug-likeness (QED) is 0.610. The maximum Gasteiger partial charge on any atom is 0.276 e. The number of carbonyl (C=O) groups excluding carboxylic acids is 1. The van der Waals surface area contributed by atoms with E-state index in [1.54, 1.807) is 32.4 Å². The number of hydrogen-bond acceptors (Lipinski definition) is 4. The molecule has 1 aromatic heterocycles. The summed E-state index contributed by atoms with van der Waals surface area (Å²) in [7, 11) is 3.14. The number of amides is 1. The summed E-state index contributed by atoms with van der Waals surface area (Å²) in [6.07, 6.45) is 4.08. The molecule has 0 fully saturated rings. The van der Waals surface area contributed by atoms with Crippen molar-refractivity contribution in [3.63, 3.8) is 0 Å². The fourth-order valence-electron chi connectivity index (χ4n) is 3.83. The Hall–Kier alpha value is -2.99. The Morgan fingerprint density at radius 2 is 1.80 bits per heavy atom. The molecule has 1 amide bonds. The van der Waals surface area contributed by atoms with Crippen LogP contribution >= 0.6 is 11.6 Å². The molecule has 0 unspecified atom stereocenters. The molecule has 0 saturated carbocycles. The highest BCUT2D eigenvalue weighted by Gasteiger charge is 2.24. The third-order valence-corrected chi connectivity index (χ3v) is 5.58. The first-order valence-electron chi connectivity index (χ1n) is 9.99. The van der Waals surface area contributed by atoms with Gasteiger partial charge < -0.3 is 19.4 Å². The molecule has 3 aromatic rings. The van der Waals surface area contributed by atoms with Gasteiger partial charge in [0.15, 0.2) is 11.5 Å². The molecule has 0 bridgehead atoms. The van der Waals surface area contributed by atoms with Gasteiger partial charge in [0.25, 0.3) is 5.91 Å². The van der Waals surface area contributed by atoms with E-state index in [2.05, 4.69) is 9.88 Å². The molecule has 30 heavy (non-hydrogen) atoms. The van der Waals surface area contributed by atoms with E-state index in [0.29, 0.717) is 27.9 Å². The van der Waals surface area contributed by atoms with Crippen molar-refractivity contribution < 1.29 is 14.3 Å². The third kappa shape index (κ3) is 4.00. The van der Waals surface area contributed by atoms with Crippen molar-refractivity contribution in [2.45, 2.75) is 32.2 Å². The predicted octanol–water partition coefficient (Wildman–Crippen LogP) is 5.20. The van der Waals surface area contributed by atoms with E-state index in [1.807, 2.05) is 24.3 Å². The average Bonchev–Trinajstić information content (AvgIpc) is 2.95. The molecule has 1 aliphatic heterocycles. The van der Waals surface area contributed by atoms with E-state index in [1.165, 1.54) is 0 Å². The summed E-state index contributed by atoms with van der Waals surface area (Å²) in [5.74, 6) is 1.74. The van der Waals surface area contributed by atoms with Gasteiger partial charge in [-0.2, -0.15) is 0 Å². The number of ether oxygens (including phenoxy) is 2. The van der Waals surface area contributed by atoms with Gasteiger partial charge in [0, 0.05) is 28.9 Å². The molecular weight excluding hydrogens is 402 g/mol. The second-order valence-electron chi connectivity index (χ2n) is 7.22. The number of fused-ring (bicyclic) bond motifs is 1. The van der Waals surface area contributed by atoms with Crippen LogP contribution in [0.1, 0.15) is 35.4 Å². The topological polar surface area (TPSA) is 65.4 Å². The van der Waals surface area contributed by atoms with E-state index in [9.17, 15) is 4.79 Å². The van der Waals surface area contributed by atoms with Crippen molar-refractivity contribution in [1.82, 2.24) is 9.55 Å². The zero-order valence-corrected chi connectivity index (χ0v) is 17.8. The number of benzene rings is 2. The van der Waals surface area contributed by atoms with Gasteiger partial charge in [0.05, 0.1) is 19.9 Å². The van der Waals surface area contributed by atoms with E-state index in [4.69, 9.17) is 26.1 Å². The SMILES string of the molecule is COc1ccc(NC(=O)c2nc(-c3ccc(Cl)cc3)n3c2CCCCC3)cc1OC. The molecule has 6 nitrogen and oxygen atoms in total. The first-order valence-corrected chi connectivity index (χ1v) is 10.4. The van der Waals surface area contributed by atoms with Crippen LogP contribution in [0.5, 0.6) is 11.5 Å². The standard InChI is InChI=1S/C23H24ClN3O3/c1-29-19-12-11-17(14-20(19)30-2)25-23(28)21-18-6-4-3-5-13-27(18)22(26-21)15-7-9-16(24)10-8-15/h7-12,14H,3-6,13H2,1-2H3,(H,25,28). The smallest absolute Gasteiger partial charge is 0.276 e. The van der Waals surface area contributed by atoms with Crippen molar-refractivity contribution in [1.29, 1.82) is 0 Å². The Balaban J connectivity index is 1.69. The lowest BCUT2D eigenvalue weighted by atomic mass is 10.1. The number of imidazole rings is 1. The van der Waals surface area contributed by atoms with Crippen LogP contribution in [0.25, 0.3) is 11.4 Å². The molecule has 2 aromatic carbocycles. The largest absolute Gasteiger partial charge is 0.493 e. The molecule has 0 spiro atoms. The highest BCUT2D eigenvalue weighted by Crippen LogP contribution is 2.31. The first-order chi connectivity index (χ1) is 14.6. The molecule has 0 saturated heterocycles. The zero-order valence-electron chi connectivity index (χ0n) is 17.1. The number of halogens is 1. The minimum absolute atomic E-state index is 0.229. The Kier molecular flexibility index (Phi) is 5.95. The number of aromatic nitrogens is 2. The Morgan fingerprint density at radius 1 is 1.03 bits per heavy atom. The minimum atomic E-state index is -0.229. The van der Waals surface area contributed by atoms with Crippen LogP contribution < -0.4 is 14.8 Å². The van der Waals surface area contributed by atoms with Gasteiger partial charge in [-0.05, 0) is 55.7 Å². The predicted molar refractivity (Wildman–Crippen MR) is 118 cm³/mol. The third-order valence-electron chi connectivity index (χ3n) is 5.33. The van der Waals surface area contributed by atoms with Crippen molar-refractivity contribution in [2.24, 2.45) is 0 Å². The second-order valence-corrected chi connectivity index (χ2v) is 7.66. The number of hydrogen-bond donors (Lipinski definition) is 1. The van der Waals surface area contributed by atoms with Gasteiger partial charge in [0.1, 0.15) is 11.5 Å². The van der Waals surface area contributed by atoms with E-state index in [-0.39, 0.29) is 5.91 Å². The van der Waals surface area contributed by atoms with Crippen LogP contribution in [-0.4, -0.2) is 29.7 Å². The molecule has 4 rings (SSSR count). The fourth-order valence-corrected chi connectivity index (χ4v) is 3.95. The lowest BCUT2D eigenvalue weighted by molar-refractivity contribution is 0.102. The molecule has 1 N–H and O–H groups in total. The molecule has 0 radical (unpaired) electrons. The van der Waals surface area contributed by atoms with Crippen molar-refractivity contribution in [3.8, 4) is 22.9 Å². The maximum absolute atomic E-state index is 13.2. The van der Waals surface area contributed by atoms with Crippen LogP contribution in [0.15, 0.2) is 42.5 Å². The Labute approximate surface area is 180 Å². The van der Waals surface area contributed by atoms with Crippen molar-refractivity contribution in [2.75, 3.05) is 19.5 Å². The van der Waals surface area contributed by atoms with Gasteiger partial charge in [-0.15, -0.1) is 0 Å². The van der Waals surface area contributed by atoms with Gasteiger partial charge in [-0.1, -0.05) is 18.0 Å². The number of nitrogens with zero attached hydrogens (tertiary/aromatic N) is 2. The van der Waals surface area contributed by atoms with Crippen LogP contribution in [0.2, 0.25) is 5.02 Å². The number of anilines is 1. The summed E-state index contributed by atoms with van der Waals surface area (Å²) in [5, 5.41) is 3.63. The summed E-state index contributed by atoms with van der Waals surface area (Å²) < 4.78 is 12.8. The van der Waals surface area contributed by atoms with Gasteiger partial charge in [-0.25, -0.2) is 4.98 Å². The summed E-state index contributed by atoms with van der Waals surface area (Å²) >= 11 is 6.05. The first kappa shape index (κ1) is 20.3. The summed E-state index contributed by atoms with van der Waals surface area (Å²) in [6.45, 7) is 0.851. The second kappa shape index (κ2) is 8.79. The van der Waals surface area contributed by atoms with Gasteiger partial charge in [-0.3, -0.25) is 4.79 Å². The number of rotatable bonds is 5. The Morgan fingerprint density at radius 3 is 2.53 bits per heavy atom. The van der Waals surface area contributed by atoms with Crippen LogP contribution in [0.4, 0.5) is 5.69 Å². The molecular formula is C23H24ClN3O3. The normalized spacial score (nSPS) is 13.3. The van der Waals surface area contributed by atoms with Gasteiger partial charge >= 0.3 is 0 Å². The van der Waals surface area contributed by atoms with Crippen molar-refractivity contribution >= 4 is 23.2 Å². The highest BCUT2D eigenvalue weighted by atomic mass is 35.5. The minimum Gasteiger partial charge on any atom is -0.493 e. The lowest BCUT2D eigenvalue weighted by Gasteiger charge is -2.11. The zero-order chi connectivity index (χ0) is 21.1. The average molecular weight is 426 g/mol. The van der Waals surface area contributed by atoms with E-state index < -0.39 is 0 Å². The molecule has 2 heterocycles. The fraction of sp³-hybridized carbons (Fsp3) is 0.304. The maximum atomic E-state index is 13.2. The summed E-state index contributed by atoms with van der Waals surface area (Å²) in [4.78, 5) is 17.9. The summed E-state index contributed by atoms with van der Waals surface area (Å²) in [6, 6.07) is 12.9. The summed E-state index contributed by atoms with van der Waals surface area (Å²) in [5.41, 5.74) is 3.03. The molecule has 156 valence electrons. The Bertz CT molecular complexity index is 1060. The number of nitrogens with one attached hydrogen (secondary N) is 1. The number of carbonyl (C=O) groups is 1.